The van der Waals surface area contributed by atoms with E-state index in [1.54, 1.807) is 11.4 Å². The third-order valence-electron chi connectivity index (χ3n) is 5.32. The smallest absolute Gasteiger partial charge is 0.245 e. The average Bonchev–Trinajstić information content (AvgIpc) is 2.57. The summed E-state index contributed by atoms with van der Waals surface area (Å²) < 4.78 is 5.83. The maximum Gasteiger partial charge on any atom is 0.245 e. The van der Waals surface area contributed by atoms with Crippen molar-refractivity contribution < 1.29 is 9.42 Å². The van der Waals surface area contributed by atoms with Gasteiger partial charge < -0.3 is 15.2 Å². The highest BCUT2D eigenvalue weighted by Crippen LogP contribution is 2.61. The summed E-state index contributed by atoms with van der Waals surface area (Å²) in [5.74, 6) is 0. The van der Waals surface area contributed by atoms with Crippen molar-refractivity contribution in [1.29, 1.82) is 0 Å². The molecule has 3 aliphatic carbocycles. The van der Waals surface area contributed by atoms with E-state index in [-0.39, 0.29) is 6.10 Å². The molecule has 0 bridgehead atoms. The molecule has 6 heteroatoms. The number of hydrogen-bond donors (Lipinski definition) is 2. The van der Waals surface area contributed by atoms with E-state index in [0.29, 0.717) is 11.3 Å². The molecule has 0 heterocycles. The Hall–Kier alpha value is 0.880. The summed E-state index contributed by atoms with van der Waals surface area (Å²) in [6, 6.07) is 0.536. The minimum Gasteiger partial charge on any atom is -0.337 e. The summed E-state index contributed by atoms with van der Waals surface area (Å²) in [5, 5.41) is 0.545. The topological polar surface area (TPSA) is 55.5 Å². The van der Waals surface area contributed by atoms with Crippen LogP contribution in [-0.2, 0) is 16.3 Å². The molecule has 24 heavy (non-hydrogen) atoms. The second-order valence-corrected chi connectivity index (χ2v) is 13.9. The molecule has 3 fully saturated rings. The van der Waals surface area contributed by atoms with Gasteiger partial charge in [0.25, 0.3) is 0 Å². The summed E-state index contributed by atoms with van der Waals surface area (Å²) >= 11 is 6.89. The molecular weight excluding hydrogens is 357 g/mol. The predicted molar refractivity (Wildman–Crippen MR) is 110 cm³/mol. The molecule has 0 aromatic carbocycles. The minimum atomic E-state index is -2.58. The molecular formula is C18H36NO2PS2. The molecule has 0 amide bonds. The second kappa shape index (κ2) is 11.6. The van der Waals surface area contributed by atoms with E-state index < -0.39 is 5.69 Å². The molecule has 3 saturated carbocycles. The van der Waals surface area contributed by atoms with E-state index in [9.17, 15) is 4.89 Å². The summed E-state index contributed by atoms with van der Waals surface area (Å²) in [6.07, 6.45) is 19.2. The van der Waals surface area contributed by atoms with Crippen LogP contribution in [0.2, 0.25) is 0 Å². The molecule has 142 valence electrons. The number of hydrogen-bond acceptors (Lipinski definition) is 4. The normalized spacial score (nSPS) is 27.1. The van der Waals surface area contributed by atoms with Crippen LogP contribution in [0.4, 0.5) is 0 Å². The maximum absolute atomic E-state index is 10.3. The van der Waals surface area contributed by atoms with Gasteiger partial charge in [-0.15, -0.1) is 0 Å². The Balaban J connectivity index is 0.000000249. The van der Waals surface area contributed by atoms with Gasteiger partial charge >= 0.3 is 0 Å². The quantitative estimate of drug-likeness (QED) is 0.583. The number of nitrogens with two attached hydrogens (primary N) is 1. The Labute approximate surface area is 157 Å². The Morgan fingerprint density at radius 2 is 1.25 bits per heavy atom. The molecule has 0 aromatic heterocycles. The maximum atomic E-state index is 10.3. The van der Waals surface area contributed by atoms with Crippen molar-refractivity contribution in [1.82, 2.24) is 0 Å². The van der Waals surface area contributed by atoms with E-state index in [4.69, 9.17) is 22.1 Å². The fraction of sp³-hybridized carbons (Fsp3) is 1.00. The van der Waals surface area contributed by atoms with Crippen LogP contribution in [0.5, 0.6) is 0 Å². The van der Waals surface area contributed by atoms with Gasteiger partial charge in [-0.25, -0.2) is 0 Å². The second-order valence-electron chi connectivity index (χ2n) is 7.60. The largest absolute Gasteiger partial charge is 0.337 e. The summed E-state index contributed by atoms with van der Waals surface area (Å²) in [5.41, 5.74) is 3.06. The minimum absolute atomic E-state index is 0.232. The lowest BCUT2D eigenvalue weighted by Gasteiger charge is -2.29. The van der Waals surface area contributed by atoms with E-state index in [2.05, 4.69) is 0 Å². The van der Waals surface area contributed by atoms with Gasteiger partial charge in [0, 0.05) is 11.3 Å². The highest BCUT2D eigenvalue weighted by Gasteiger charge is 2.27. The Kier molecular flexibility index (Phi) is 10.2. The Morgan fingerprint density at radius 3 is 1.71 bits per heavy atom. The van der Waals surface area contributed by atoms with Gasteiger partial charge in [0.05, 0.1) is 6.10 Å². The summed E-state index contributed by atoms with van der Waals surface area (Å²) in [4.78, 5) is 10.3. The zero-order chi connectivity index (χ0) is 17.3. The van der Waals surface area contributed by atoms with Crippen LogP contribution in [0.1, 0.15) is 96.3 Å². The first-order chi connectivity index (χ1) is 11.6. The van der Waals surface area contributed by atoms with Gasteiger partial charge in [-0.2, -0.15) is 0 Å². The molecule has 1 atom stereocenters. The van der Waals surface area contributed by atoms with Crippen LogP contribution >= 0.6 is 17.1 Å². The lowest BCUT2D eigenvalue weighted by Crippen LogP contribution is -2.22. The first kappa shape index (κ1) is 21.2. The molecule has 0 radical (unpaired) electrons. The van der Waals surface area contributed by atoms with Crippen molar-refractivity contribution in [3.8, 4) is 0 Å². The zero-order valence-corrected chi connectivity index (χ0v) is 17.6. The van der Waals surface area contributed by atoms with Crippen molar-refractivity contribution in [3.05, 3.63) is 0 Å². The Bertz CT molecular complexity index is 355. The van der Waals surface area contributed by atoms with Crippen molar-refractivity contribution in [3.63, 3.8) is 0 Å². The molecule has 0 saturated heterocycles. The highest BCUT2D eigenvalue weighted by molar-refractivity contribution is 8.67. The van der Waals surface area contributed by atoms with Crippen LogP contribution in [-0.4, -0.2) is 22.3 Å². The van der Waals surface area contributed by atoms with Crippen molar-refractivity contribution >= 4 is 28.9 Å². The molecule has 3 aliphatic rings. The van der Waals surface area contributed by atoms with Gasteiger partial charge in [-0.05, 0) is 50.3 Å². The molecule has 0 spiro atoms. The van der Waals surface area contributed by atoms with Crippen LogP contribution in [0.15, 0.2) is 0 Å². The van der Waals surface area contributed by atoms with Crippen LogP contribution in [0.3, 0.4) is 0 Å². The fourth-order valence-corrected chi connectivity index (χ4v) is 9.17. The summed E-state index contributed by atoms with van der Waals surface area (Å²) in [6.45, 7) is 0. The molecule has 1 unspecified atom stereocenters. The van der Waals surface area contributed by atoms with Crippen LogP contribution < -0.4 is 5.73 Å². The van der Waals surface area contributed by atoms with E-state index in [1.807, 2.05) is 0 Å². The van der Waals surface area contributed by atoms with Gasteiger partial charge in [0.2, 0.25) is 5.69 Å². The van der Waals surface area contributed by atoms with Crippen molar-refractivity contribution in [2.45, 2.75) is 114 Å². The van der Waals surface area contributed by atoms with Crippen LogP contribution in [0, 0.1) is 0 Å². The van der Waals surface area contributed by atoms with Gasteiger partial charge in [0.1, 0.15) is 0 Å². The first-order valence-electron chi connectivity index (χ1n) is 10.0. The number of rotatable bonds is 4. The third-order valence-corrected chi connectivity index (χ3v) is 9.90. The van der Waals surface area contributed by atoms with Crippen LogP contribution in [0.25, 0.3) is 0 Å². The Morgan fingerprint density at radius 1 is 0.792 bits per heavy atom. The molecule has 0 aromatic rings. The molecule has 3 rings (SSSR count). The third kappa shape index (κ3) is 9.00. The zero-order valence-electron chi connectivity index (χ0n) is 15.0. The molecule has 3 N–H and O–H groups in total. The van der Waals surface area contributed by atoms with E-state index in [0.717, 1.165) is 12.8 Å². The lowest BCUT2D eigenvalue weighted by molar-refractivity contribution is 0.161. The van der Waals surface area contributed by atoms with Gasteiger partial charge in [-0.3, -0.25) is 0 Å². The SMILES string of the molecule is NC1CCCCC1.OP(=S)(OC1CCCCC1)SC1CCCCC1. The highest BCUT2D eigenvalue weighted by atomic mass is 32.9. The fourth-order valence-electron chi connectivity index (χ4n) is 3.88. The van der Waals surface area contributed by atoms with Crippen molar-refractivity contribution in [2.75, 3.05) is 0 Å². The van der Waals surface area contributed by atoms with Gasteiger partial charge in [-0.1, -0.05) is 69.2 Å². The van der Waals surface area contributed by atoms with Gasteiger partial charge in [0.15, 0.2) is 0 Å². The summed E-state index contributed by atoms with van der Waals surface area (Å²) in [7, 11) is 0. The standard InChI is InChI=1S/C12H23O2PS2.C6H13N/c13-15(16,14-11-7-3-1-4-8-11)17-12-9-5-2-6-10-12;7-6-4-2-1-3-5-6/h11-12H,1-10H2,(H,13,16);6H,1-5,7H2. The molecule has 0 aliphatic heterocycles. The van der Waals surface area contributed by atoms with E-state index >= 15 is 0 Å². The molecule has 3 nitrogen and oxygen atoms in total. The van der Waals surface area contributed by atoms with Crippen molar-refractivity contribution in [2.24, 2.45) is 5.73 Å². The monoisotopic (exact) mass is 393 g/mol. The average molecular weight is 394 g/mol. The lowest BCUT2D eigenvalue weighted by atomic mass is 9.97. The van der Waals surface area contributed by atoms with E-state index in [1.165, 1.54) is 83.5 Å². The predicted octanol–water partition coefficient (Wildman–Crippen LogP) is 5.90. The first-order valence-corrected chi connectivity index (χ1v) is 14.2.